The molecule has 2 N–H and O–H groups in total. The van der Waals surface area contributed by atoms with Gasteiger partial charge in [0, 0.05) is 5.41 Å². The molecule has 2 nitrogen and oxygen atoms in total. The zero-order valence-corrected chi connectivity index (χ0v) is 12.8. The minimum Gasteiger partial charge on any atom is -0.369 e. The highest BCUT2D eigenvalue weighted by atomic mass is 16.1. The van der Waals surface area contributed by atoms with Gasteiger partial charge in [0.15, 0.2) is 0 Å². The normalized spacial score (nSPS) is 11.7. The van der Waals surface area contributed by atoms with Crippen LogP contribution in [0.1, 0.15) is 91.4 Å². The lowest BCUT2D eigenvalue weighted by atomic mass is 9.77. The Morgan fingerprint density at radius 1 is 0.833 bits per heavy atom. The molecule has 0 aliphatic carbocycles. The van der Waals surface area contributed by atoms with Gasteiger partial charge in [-0.2, -0.15) is 0 Å². The molecule has 0 radical (unpaired) electrons. The van der Waals surface area contributed by atoms with Gasteiger partial charge in [-0.1, -0.05) is 72.1 Å². The van der Waals surface area contributed by atoms with Crippen LogP contribution >= 0.6 is 0 Å². The van der Waals surface area contributed by atoms with Crippen molar-refractivity contribution in [3.05, 3.63) is 0 Å². The molecule has 0 spiro atoms. The third kappa shape index (κ3) is 6.42. The molecule has 0 saturated carbocycles. The van der Waals surface area contributed by atoms with E-state index in [4.69, 9.17) is 5.73 Å². The van der Waals surface area contributed by atoms with E-state index in [-0.39, 0.29) is 11.3 Å². The Morgan fingerprint density at radius 3 is 1.67 bits per heavy atom. The highest BCUT2D eigenvalue weighted by molar-refractivity contribution is 5.80. The predicted molar refractivity (Wildman–Crippen MR) is 79.4 cm³/mol. The summed E-state index contributed by atoms with van der Waals surface area (Å²) in [5, 5.41) is 0. The lowest BCUT2D eigenvalue weighted by molar-refractivity contribution is -0.128. The first-order valence-electron chi connectivity index (χ1n) is 7.92. The molecule has 0 aromatic rings. The first-order valence-corrected chi connectivity index (χ1v) is 7.92. The number of nitrogens with two attached hydrogens (primary N) is 1. The standard InChI is InChI=1S/C16H33NO/c1-4-7-8-9-10-11-12-13-14-16(5-2,6-3)15(17)18/h4-14H2,1-3H3,(H2,17,18). The van der Waals surface area contributed by atoms with E-state index in [0.29, 0.717) is 0 Å². The van der Waals surface area contributed by atoms with E-state index in [1.807, 2.05) is 0 Å². The maximum absolute atomic E-state index is 11.5. The van der Waals surface area contributed by atoms with Crippen molar-refractivity contribution in [2.24, 2.45) is 11.1 Å². The van der Waals surface area contributed by atoms with Gasteiger partial charge < -0.3 is 5.73 Å². The Morgan fingerprint density at radius 2 is 1.28 bits per heavy atom. The maximum Gasteiger partial charge on any atom is 0.223 e. The molecule has 108 valence electrons. The molecule has 0 fully saturated rings. The molecule has 0 aromatic heterocycles. The molecule has 0 unspecified atom stereocenters. The fourth-order valence-corrected chi connectivity index (χ4v) is 2.67. The zero-order chi connectivity index (χ0) is 13.9. The van der Waals surface area contributed by atoms with Crippen LogP contribution in [-0.4, -0.2) is 5.91 Å². The van der Waals surface area contributed by atoms with Crippen molar-refractivity contribution in [2.45, 2.75) is 91.4 Å². The molecule has 1 amide bonds. The highest BCUT2D eigenvalue weighted by Crippen LogP contribution is 2.32. The number of rotatable bonds is 12. The van der Waals surface area contributed by atoms with Gasteiger partial charge in [-0.3, -0.25) is 4.79 Å². The summed E-state index contributed by atoms with van der Waals surface area (Å²) in [6.45, 7) is 6.41. The van der Waals surface area contributed by atoms with Gasteiger partial charge in [0.1, 0.15) is 0 Å². The fraction of sp³-hybridized carbons (Fsp3) is 0.938. The van der Waals surface area contributed by atoms with Crippen molar-refractivity contribution in [1.82, 2.24) is 0 Å². The minimum absolute atomic E-state index is 0.101. The summed E-state index contributed by atoms with van der Waals surface area (Å²) in [6, 6.07) is 0. The van der Waals surface area contributed by atoms with Crippen LogP contribution in [0.3, 0.4) is 0 Å². The molecule has 0 aliphatic rings. The lowest BCUT2D eigenvalue weighted by Gasteiger charge is -2.27. The molecule has 18 heavy (non-hydrogen) atoms. The Labute approximate surface area is 114 Å². The van der Waals surface area contributed by atoms with Crippen LogP contribution in [0.25, 0.3) is 0 Å². The summed E-state index contributed by atoms with van der Waals surface area (Å²) in [5.74, 6) is -0.101. The average molecular weight is 255 g/mol. The topological polar surface area (TPSA) is 43.1 Å². The molecule has 0 aliphatic heterocycles. The number of unbranched alkanes of at least 4 members (excludes halogenated alkanes) is 7. The molecule has 0 bridgehead atoms. The van der Waals surface area contributed by atoms with Crippen LogP contribution in [0, 0.1) is 5.41 Å². The monoisotopic (exact) mass is 255 g/mol. The van der Waals surface area contributed by atoms with Crippen LogP contribution < -0.4 is 5.73 Å². The third-order valence-corrected chi connectivity index (χ3v) is 4.39. The molecule has 0 aromatic carbocycles. The average Bonchev–Trinajstić information content (AvgIpc) is 2.37. The number of hydrogen-bond acceptors (Lipinski definition) is 1. The summed E-state index contributed by atoms with van der Waals surface area (Å²) >= 11 is 0. The predicted octanol–water partition coefficient (Wildman–Crippen LogP) is 4.81. The van der Waals surface area contributed by atoms with Crippen LogP contribution in [0.4, 0.5) is 0 Å². The maximum atomic E-state index is 11.5. The summed E-state index contributed by atoms with van der Waals surface area (Å²) in [5.41, 5.74) is 5.32. The van der Waals surface area contributed by atoms with Gasteiger partial charge in [-0.05, 0) is 19.3 Å². The second kappa shape index (κ2) is 10.4. The van der Waals surface area contributed by atoms with Crippen LogP contribution in [-0.2, 0) is 4.79 Å². The largest absolute Gasteiger partial charge is 0.369 e. The molecule has 0 rings (SSSR count). The van der Waals surface area contributed by atoms with E-state index in [1.54, 1.807) is 0 Å². The third-order valence-electron chi connectivity index (χ3n) is 4.39. The highest BCUT2D eigenvalue weighted by Gasteiger charge is 2.31. The van der Waals surface area contributed by atoms with Crippen molar-refractivity contribution in [2.75, 3.05) is 0 Å². The number of primary amides is 1. The van der Waals surface area contributed by atoms with Gasteiger partial charge in [0.25, 0.3) is 0 Å². The summed E-state index contributed by atoms with van der Waals surface area (Å²) < 4.78 is 0. The molecule has 0 heterocycles. The van der Waals surface area contributed by atoms with Gasteiger partial charge in [-0.25, -0.2) is 0 Å². The van der Waals surface area contributed by atoms with Gasteiger partial charge in [0.05, 0.1) is 0 Å². The molecular weight excluding hydrogens is 222 g/mol. The van der Waals surface area contributed by atoms with Crippen LogP contribution in [0.5, 0.6) is 0 Å². The van der Waals surface area contributed by atoms with Crippen molar-refractivity contribution < 1.29 is 4.79 Å². The SMILES string of the molecule is CCCCCCCCCCC(CC)(CC)C(N)=O. The minimum atomic E-state index is -0.234. The second-order valence-corrected chi connectivity index (χ2v) is 5.58. The van der Waals surface area contributed by atoms with E-state index in [9.17, 15) is 4.79 Å². The van der Waals surface area contributed by atoms with Crippen molar-refractivity contribution in [1.29, 1.82) is 0 Å². The molecule has 2 heteroatoms. The lowest BCUT2D eigenvalue weighted by Crippen LogP contribution is -2.36. The number of amides is 1. The van der Waals surface area contributed by atoms with Crippen molar-refractivity contribution in [3.8, 4) is 0 Å². The molecule has 0 saturated heterocycles. The van der Waals surface area contributed by atoms with Crippen LogP contribution in [0.15, 0.2) is 0 Å². The smallest absolute Gasteiger partial charge is 0.223 e. The summed E-state index contributed by atoms with van der Waals surface area (Å²) in [6.07, 6.45) is 13.2. The molecule has 0 atom stereocenters. The van der Waals surface area contributed by atoms with E-state index in [2.05, 4.69) is 20.8 Å². The van der Waals surface area contributed by atoms with E-state index in [1.165, 1.54) is 44.9 Å². The van der Waals surface area contributed by atoms with Crippen molar-refractivity contribution in [3.63, 3.8) is 0 Å². The Kier molecular flexibility index (Phi) is 10.1. The first-order chi connectivity index (χ1) is 8.63. The zero-order valence-electron chi connectivity index (χ0n) is 12.8. The van der Waals surface area contributed by atoms with Gasteiger partial charge in [0.2, 0.25) is 5.91 Å². The number of hydrogen-bond donors (Lipinski definition) is 1. The summed E-state index contributed by atoms with van der Waals surface area (Å²) in [4.78, 5) is 11.5. The molecular formula is C16H33NO. The van der Waals surface area contributed by atoms with Crippen LogP contribution in [0.2, 0.25) is 0 Å². The van der Waals surface area contributed by atoms with E-state index in [0.717, 1.165) is 25.7 Å². The first kappa shape index (κ1) is 17.5. The van der Waals surface area contributed by atoms with Gasteiger partial charge in [-0.15, -0.1) is 0 Å². The number of carbonyl (C=O) groups is 1. The van der Waals surface area contributed by atoms with Gasteiger partial charge >= 0.3 is 0 Å². The number of carbonyl (C=O) groups excluding carboxylic acids is 1. The van der Waals surface area contributed by atoms with Crippen molar-refractivity contribution >= 4 is 5.91 Å². The summed E-state index contributed by atoms with van der Waals surface area (Å²) in [7, 11) is 0. The quantitative estimate of drug-likeness (QED) is 0.500. The Bertz CT molecular complexity index is 209. The Hall–Kier alpha value is -0.530. The Balaban J connectivity index is 3.65. The second-order valence-electron chi connectivity index (χ2n) is 5.58. The fourth-order valence-electron chi connectivity index (χ4n) is 2.67. The van der Waals surface area contributed by atoms with E-state index >= 15 is 0 Å². The van der Waals surface area contributed by atoms with E-state index < -0.39 is 0 Å².